The van der Waals surface area contributed by atoms with Crippen molar-refractivity contribution in [2.75, 3.05) is 0 Å². The maximum absolute atomic E-state index is 3.94. The van der Waals surface area contributed by atoms with Crippen LogP contribution in [0.4, 0.5) is 0 Å². The summed E-state index contributed by atoms with van der Waals surface area (Å²) < 4.78 is 2.25. The van der Waals surface area contributed by atoms with Gasteiger partial charge >= 0.3 is 0 Å². The monoisotopic (exact) mass is 560 g/mol. The Balaban J connectivity index is 1.80. The zero-order chi connectivity index (χ0) is 22.8. The molecule has 0 N–H and O–H groups in total. The summed E-state index contributed by atoms with van der Waals surface area (Å²) in [6.45, 7) is 0. The number of fused-ring (bicyclic) bond motifs is 4. The SMILES string of the molecule is Brc1ccc2c(Br)ccc3c2c1-c1c-3c(-c2ccccc2)c2ccccc2c1-c1ccccc1. The van der Waals surface area contributed by atoms with E-state index >= 15 is 0 Å². The predicted molar refractivity (Wildman–Crippen MR) is 152 cm³/mol. The van der Waals surface area contributed by atoms with Gasteiger partial charge in [-0.3, -0.25) is 0 Å². The molecular formula is C32H18Br2. The molecule has 6 aromatic rings. The van der Waals surface area contributed by atoms with Gasteiger partial charge in [-0.05, 0) is 67.1 Å². The predicted octanol–water partition coefficient (Wildman–Crippen LogP) is 10.5. The summed E-state index contributed by atoms with van der Waals surface area (Å²) in [5.41, 5.74) is 10.3. The number of benzene rings is 6. The van der Waals surface area contributed by atoms with Crippen LogP contribution in [0.25, 0.3) is 66.1 Å². The Labute approximate surface area is 215 Å². The highest BCUT2D eigenvalue weighted by atomic mass is 79.9. The molecule has 0 aliphatic heterocycles. The van der Waals surface area contributed by atoms with Gasteiger partial charge in [-0.2, -0.15) is 0 Å². The van der Waals surface area contributed by atoms with Crippen LogP contribution in [0.2, 0.25) is 0 Å². The third-order valence-electron chi connectivity index (χ3n) is 6.94. The van der Waals surface area contributed by atoms with Gasteiger partial charge < -0.3 is 0 Å². The molecule has 0 radical (unpaired) electrons. The normalized spacial score (nSPS) is 11.8. The zero-order valence-electron chi connectivity index (χ0n) is 18.1. The van der Waals surface area contributed by atoms with Gasteiger partial charge in [0.05, 0.1) is 0 Å². The molecule has 0 heterocycles. The lowest BCUT2D eigenvalue weighted by atomic mass is 9.82. The Bertz CT molecular complexity index is 1750. The van der Waals surface area contributed by atoms with E-state index in [9.17, 15) is 0 Å². The molecule has 1 aliphatic carbocycles. The third kappa shape index (κ3) is 2.76. The van der Waals surface area contributed by atoms with Crippen molar-refractivity contribution in [3.63, 3.8) is 0 Å². The second-order valence-corrected chi connectivity index (χ2v) is 10.4. The van der Waals surface area contributed by atoms with Crippen LogP contribution in [0.3, 0.4) is 0 Å². The molecule has 0 saturated heterocycles. The quantitative estimate of drug-likeness (QED) is 0.197. The van der Waals surface area contributed by atoms with Crippen LogP contribution in [0, 0.1) is 0 Å². The van der Waals surface area contributed by atoms with Gasteiger partial charge in [-0.25, -0.2) is 0 Å². The van der Waals surface area contributed by atoms with E-state index in [0.29, 0.717) is 0 Å². The molecule has 0 amide bonds. The Kier molecular flexibility index (Phi) is 4.55. The highest BCUT2D eigenvalue weighted by Gasteiger charge is 2.32. The van der Waals surface area contributed by atoms with Crippen LogP contribution in [-0.4, -0.2) is 0 Å². The van der Waals surface area contributed by atoms with Crippen molar-refractivity contribution in [3.05, 3.63) is 118 Å². The lowest BCUT2D eigenvalue weighted by Gasteiger charge is -2.20. The van der Waals surface area contributed by atoms with Crippen molar-refractivity contribution >= 4 is 53.4 Å². The average molecular weight is 562 g/mol. The summed E-state index contributed by atoms with van der Waals surface area (Å²) in [5, 5.41) is 5.12. The van der Waals surface area contributed by atoms with Crippen LogP contribution in [0.1, 0.15) is 0 Å². The van der Waals surface area contributed by atoms with Crippen LogP contribution in [-0.2, 0) is 0 Å². The minimum Gasteiger partial charge on any atom is -0.0622 e. The molecule has 0 atom stereocenters. The molecular weight excluding hydrogens is 544 g/mol. The van der Waals surface area contributed by atoms with Crippen molar-refractivity contribution in [3.8, 4) is 44.5 Å². The van der Waals surface area contributed by atoms with Crippen LogP contribution >= 0.6 is 31.9 Å². The van der Waals surface area contributed by atoms with Crippen molar-refractivity contribution < 1.29 is 0 Å². The summed E-state index contributed by atoms with van der Waals surface area (Å²) in [4.78, 5) is 0. The van der Waals surface area contributed by atoms with E-state index in [1.165, 1.54) is 66.1 Å². The van der Waals surface area contributed by atoms with E-state index in [4.69, 9.17) is 0 Å². The minimum atomic E-state index is 1.12. The van der Waals surface area contributed by atoms with E-state index < -0.39 is 0 Å². The first-order valence-corrected chi connectivity index (χ1v) is 12.9. The van der Waals surface area contributed by atoms with Gasteiger partial charge in [0.25, 0.3) is 0 Å². The van der Waals surface area contributed by atoms with Crippen molar-refractivity contribution in [1.82, 2.24) is 0 Å². The first-order valence-electron chi connectivity index (χ1n) is 11.3. The largest absolute Gasteiger partial charge is 0.0622 e. The summed E-state index contributed by atoms with van der Waals surface area (Å²) in [6, 6.07) is 39.4. The molecule has 2 heteroatoms. The average Bonchev–Trinajstić information content (AvgIpc) is 3.22. The molecule has 0 aromatic heterocycles. The molecule has 6 aromatic carbocycles. The Morgan fingerprint density at radius 1 is 0.353 bits per heavy atom. The molecule has 0 spiro atoms. The van der Waals surface area contributed by atoms with Crippen LogP contribution in [0.15, 0.2) is 118 Å². The first-order chi connectivity index (χ1) is 16.7. The van der Waals surface area contributed by atoms with Crippen LogP contribution < -0.4 is 0 Å². The lowest BCUT2D eigenvalue weighted by molar-refractivity contribution is 1.62. The van der Waals surface area contributed by atoms with E-state index in [-0.39, 0.29) is 0 Å². The second-order valence-electron chi connectivity index (χ2n) is 8.72. The smallest absolute Gasteiger partial charge is 0.0260 e. The molecule has 0 unspecified atom stereocenters. The number of hydrogen-bond donors (Lipinski definition) is 0. The summed E-state index contributed by atoms with van der Waals surface area (Å²) in [6.07, 6.45) is 0. The molecule has 0 nitrogen and oxygen atoms in total. The first kappa shape index (κ1) is 20.2. The number of rotatable bonds is 2. The van der Waals surface area contributed by atoms with Crippen LogP contribution in [0.5, 0.6) is 0 Å². The summed E-state index contributed by atoms with van der Waals surface area (Å²) >= 11 is 7.76. The Hall–Kier alpha value is -3.20. The third-order valence-corrected chi connectivity index (χ3v) is 8.29. The van der Waals surface area contributed by atoms with Gasteiger partial charge in [0.1, 0.15) is 0 Å². The van der Waals surface area contributed by atoms with Crippen molar-refractivity contribution in [2.45, 2.75) is 0 Å². The topological polar surface area (TPSA) is 0 Å². The molecule has 0 saturated carbocycles. The highest BCUT2D eigenvalue weighted by molar-refractivity contribution is 9.11. The van der Waals surface area contributed by atoms with E-state index in [1.54, 1.807) is 0 Å². The molecule has 160 valence electrons. The maximum atomic E-state index is 3.94. The van der Waals surface area contributed by atoms with Gasteiger partial charge in [-0.1, -0.05) is 129 Å². The molecule has 1 aliphatic rings. The fraction of sp³-hybridized carbons (Fsp3) is 0. The molecule has 34 heavy (non-hydrogen) atoms. The molecule has 0 bridgehead atoms. The fourth-order valence-electron chi connectivity index (χ4n) is 5.61. The Morgan fingerprint density at radius 3 is 1.50 bits per heavy atom. The Morgan fingerprint density at radius 2 is 0.882 bits per heavy atom. The highest BCUT2D eigenvalue weighted by Crippen LogP contribution is 2.59. The lowest BCUT2D eigenvalue weighted by Crippen LogP contribution is -1.93. The number of halogens is 2. The fourth-order valence-corrected chi connectivity index (χ4v) is 6.60. The standard InChI is InChI=1S/C32H18Br2/c33-25-17-16-24-29-23(25)15-18-26(34)31(29)32-28(20-11-5-2-6-12-20)22-14-8-7-13-21(22)27(30(24)32)19-9-3-1-4-10-19/h1-18H. The van der Waals surface area contributed by atoms with E-state index in [2.05, 4.69) is 141 Å². The van der Waals surface area contributed by atoms with Gasteiger partial charge in [-0.15, -0.1) is 0 Å². The second kappa shape index (κ2) is 7.66. The van der Waals surface area contributed by atoms with Crippen molar-refractivity contribution in [2.24, 2.45) is 0 Å². The maximum Gasteiger partial charge on any atom is 0.0260 e. The minimum absolute atomic E-state index is 1.12. The van der Waals surface area contributed by atoms with Crippen molar-refractivity contribution in [1.29, 1.82) is 0 Å². The van der Waals surface area contributed by atoms with E-state index in [0.717, 1.165) is 8.95 Å². The summed E-state index contributed by atoms with van der Waals surface area (Å²) in [7, 11) is 0. The van der Waals surface area contributed by atoms with E-state index in [1.807, 2.05) is 0 Å². The molecule has 0 fully saturated rings. The summed E-state index contributed by atoms with van der Waals surface area (Å²) in [5.74, 6) is 0. The van der Waals surface area contributed by atoms with Gasteiger partial charge in [0, 0.05) is 20.1 Å². The number of hydrogen-bond acceptors (Lipinski definition) is 0. The van der Waals surface area contributed by atoms with Gasteiger partial charge in [0.2, 0.25) is 0 Å². The zero-order valence-corrected chi connectivity index (χ0v) is 21.3. The molecule has 7 rings (SSSR count). The van der Waals surface area contributed by atoms with Gasteiger partial charge in [0.15, 0.2) is 0 Å².